The average Bonchev–Trinajstić information content (AvgIpc) is 2.29. The minimum atomic E-state index is -0.894. The molecule has 0 aliphatic heterocycles. The molecule has 0 aliphatic rings. The first-order chi connectivity index (χ1) is 8.47. The predicted octanol–water partition coefficient (Wildman–Crippen LogP) is 2.16. The van der Waals surface area contributed by atoms with Gasteiger partial charge < -0.3 is 10.1 Å². The van der Waals surface area contributed by atoms with Crippen molar-refractivity contribution in [3.05, 3.63) is 45.2 Å². The molecule has 0 spiro atoms. The Morgan fingerprint density at radius 2 is 1.89 bits per heavy atom. The molecule has 0 atom stereocenters. The number of fused-ring (bicyclic) bond motifs is 1. The fourth-order valence-electron chi connectivity index (χ4n) is 1.95. The van der Waals surface area contributed by atoms with Gasteiger partial charge in [0.15, 0.2) is 0 Å². The van der Waals surface area contributed by atoms with Crippen LogP contribution >= 0.6 is 0 Å². The molecule has 1 aromatic carbocycles. The van der Waals surface area contributed by atoms with Crippen molar-refractivity contribution >= 4 is 16.9 Å². The van der Waals surface area contributed by atoms with Gasteiger partial charge in [0, 0.05) is 17.5 Å². The van der Waals surface area contributed by atoms with E-state index in [1.54, 1.807) is 6.07 Å². The molecule has 4 heteroatoms. The number of carboxylic acid groups (broad SMARTS) is 1. The molecule has 0 bridgehead atoms. The van der Waals surface area contributed by atoms with E-state index >= 15 is 0 Å². The van der Waals surface area contributed by atoms with Crippen LogP contribution in [0.4, 0.5) is 0 Å². The van der Waals surface area contributed by atoms with E-state index in [2.05, 4.69) is 4.98 Å². The van der Waals surface area contributed by atoms with Crippen LogP contribution < -0.4 is 5.56 Å². The molecule has 1 aromatic heterocycles. The van der Waals surface area contributed by atoms with Crippen LogP contribution in [-0.4, -0.2) is 16.1 Å². The molecule has 2 aromatic rings. The lowest BCUT2D eigenvalue weighted by Gasteiger charge is -2.06. The monoisotopic (exact) mass is 245 g/mol. The SMILES string of the molecule is Cc1cc2cc(CCC(=O)O)c(=O)[nH]c2cc1C. The van der Waals surface area contributed by atoms with Gasteiger partial charge in [-0.25, -0.2) is 0 Å². The Kier molecular flexibility index (Phi) is 3.19. The Morgan fingerprint density at radius 3 is 2.56 bits per heavy atom. The third-order valence-electron chi connectivity index (χ3n) is 3.14. The highest BCUT2D eigenvalue weighted by molar-refractivity contribution is 5.80. The molecule has 0 saturated carbocycles. The first-order valence-corrected chi connectivity index (χ1v) is 5.82. The van der Waals surface area contributed by atoms with Gasteiger partial charge in [-0.3, -0.25) is 9.59 Å². The Hall–Kier alpha value is -2.10. The summed E-state index contributed by atoms with van der Waals surface area (Å²) in [6.07, 6.45) is 0.229. The Morgan fingerprint density at radius 1 is 1.22 bits per heavy atom. The highest BCUT2D eigenvalue weighted by Gasteiger charge is 2.06. The lowest BCUT2D eigenvalue weighted by Crippen LogP contribution is -2.13. The standard InChI is InChI=1S/C14H15NO3/c1-8-5-11-7-10(3-4-13(16)17)14(18)15-12(11)6-9(8)2/h5-7H,3-4H2,1-2H3,(H,15,18)(H,16,17). The first kappa shape index (κ1) is 12.4. The second kappa shape index (κ2) is 4.64. The molecule has 2 N–H and O–H groups in total. The second-order valence-electron chi connectivity index (χ2n) is 4.54. The largest absolute Gasteiger partial charge is 0.481 e. The van der Waals surface area contributed by atoms with Crippen molar-refractivity contribution in [3.8, 4) is 0 Å². The molecular weight excluding hydrogens is 230 g/mol. The highest BCUT2D eigenvalue weighted by atomic mass is 16.4. The predicted molar refractivity (Wildman–Crippen MR) is 70.0 cm³/mol. The summed E-state index contributed by atoms with van der Waals surface area (Å²) in [7, 11) is 0. The molecule has 0 fully saturated rings. The van der Waals surface area contributed by atoms with Crippen molar-refractivity contribution in [2.24, 2.45) is 0 Å². The van der Waals surface area contributed by atoms with Crippen molar-refractivity contribution in [2.75, 3.05) is 0 Å². The third kappa shape index (κ3) is 2.42. The van der Waals surface area contributed by atoms with E-state index in [-0.39, 0.29) is 18.4 Å². The Bertz CT molecular complexity index is 671. The van der Waals surface area contributed by atoms with Crippen molar-refractivity contribution < 1.29 is 9.90 Å². The Labute approximate surface area is 104 Å². The minimum absolute atomic E-state index is 0.0283. The number of nitrogens with one attached hydrogen (secondary N) is 1. The third-order valence-corrected chi connectivity index (χ3v) is 3.14. The van der Waals surface area contributed by atoms with Crippen LogP contribution in [0.15, 0.2) is 23.0 Å². The van der Waals surface area contributed by atoms with Gasteiger partial charge in [0.25, 0.3) is 5.56 Å². The van der Waals surface area contributed by atoms with Gasteiger partial charge in [0.1, 0.15) is 0 Å². The highest BCUT2D eigenvalue weighted by Crippen LogP contribution is 2.17. The maximum Gasteiger partial charge on any atom is 0.303 e. The summed E-state index contributed by atoms with van der Waals surface area (Å²) in [4.78, 5) is 25.1. The maximum absolute atomic E-state index is 11.8. The summed E-state index contributed by atoms with van der Waals surface area (Å²) in [5.74, 6) is -0.894. The summed E-state index contributed by atoms with van der Waals surface area (Å²) < 4.78 is 0. The normalized spacial score (nSPS) is 10.8. The zero-order valence-electron chi connectivity index (χ0n) is 10.4. The zero-order valence-corrected chi connectivity index (χ0v) is 10.4. The number of aromatic amines is 1. The summed E-state index contributed by atoms with van der Waals surface area (Å²) in [6, 6.07) is 5.72. The molecule has 0 unspecified atom stereocenters. The van der Waals surface area contributed by atoms with Crippen LogP contribution in [0.5, 0.6) is 0 Å². The number of rotatable bonds is 3. The molecule has 0 saturated heterocycles. The van der Waals surface area contributed by atoms with Crippen LogP contribution in [0.2, 0.25) is 0 Å². The molecule has 1 heterocycles. The number of benzene rings is 1. The van der Waals surface area contributed by atoms with Gasteiger partial charge in [-0.1, -0.05) is 0 Å². The number of aromatic nitrogens is 1. The lowest BCUT2D eigenvalue weighted by molar-refractivity contribution is -0.136. The van der Waals surface area contributed by atoms with Gasteiger partial charge >= 0.3 is 5.97 Å². The molecule has 0 amide bonds. The number of aliphatic carboxylic acids is 1. The topological polar surface area (TPSA) is 70.2 Å². The molecular formula is C14H15NO3. The summed E-state index contributed by atoms with van der Waals surface area (Å²) in [5, 5.41) is 9.59. The smallest absolute Gasteiger partial charge is 0.303 e. The number of aryl methyl sites for hydroxylation is 3. The van der Waals surface area contributed by atoms with E-state index in [4.69, 9.17) is 5.11 Å². The quantitative estimate of drug-likeness (QED) is 0.870. The van der Waals surface area contributed by atoms with Gasteiger partial charge in [-0.2, -0.15) is 0 Å². The fraction of sp³-hybridized carbons (Fsp3) is 0.286. The first-order valence-electron chi connectivity index (χ1n) is 5.82. The van der Waals surface area contributed by atoms with Crippen molar-refractivity contribution in [2.45, 2.75) is 26.7 Å². The molecule has 18 heavy (non-hydrogen) atoms. The second-order valence-corrected chi connectivity index (χ2v) is 4.54. The van der Waals surface area contributed by atoms with E-state index < -0.39 is 5.97 Å². The van der Waals surface area contributed by atoms with E-state index in [1.165, 1.54) is 0 Å². The molecule has 0 aliphatic carbocycles. The van der Waals surface area contributed by atoms with Gasteiger partial charge in [0.2, 0.25) is 0 Å². The Balaban J connectivity index is 2.50. The van der Waals surface area contributed by atoms with Crippen LogP contribution in [0, 0.1) is 13.8 Å². The number of pyridine rings is 1. The molecule has 4 nitrogen and oxygen atoms in total. The minimum Gasteiger partial charge on any atom is -0.481 e. The number of carboxylic acids is 1. The molecule has 94 valence electrons. The van der Waals surface area contributed by atoms with Crippen molar-refractivity contribution in [3.63, 3.8) is 0 Å². The van der Waals surface area contributed by atoms with Gasteiger partial charge in [0.05, 0.1) is 0 Å². The van der Waals surface area contributed by atoms with Crippen molar-refractivity contribution in [1.29, 1.82) is 0 Å². The number of carbonyl (C=O) groups is 1. The summed E-state index contributed by atoms with van der Waals surface area (Å²) in [5.41, 5.74) is 3.39. The number of hydrogen-bond acceptors (Lipinski definition) is 2. The molecule has 2 rings (SSSR count). The van der Waals surface area contributed by atoms with Gasteiger partial charge in [-0.15, -0.1) is 0 Å². The van der Waals surface area contributed by atoms with Crippen LogP contribution in [0.25, 0.3) is 10.9 Å². The summed E-state index contributed by atoms with van der Waals surface area (Å²) in [6.45, 7) is 4.00. The van der Waals surface area contributed by atoms with E-state index in [0.717, 1.165) is 22.0 Å². The maximum atomic E-state index is 11.8. The zero-order chi connectivity index (χ0) is 13.3. The number of hydrogen-bond donors (Lipinski definition) is 2. The van der Waals surface area contributed by atoms with Crippen LogP contribution in [0.3, 0.4) is 0 Å². The van der Waals surface area contributed by atoms with E-state index in [0.29, 0.717) is 5.56 Å². The van der Waals surface area contributed by atoms with E-state index in [9.17, 15) is 9.59 Å². The number of H-pyrrole nitrogens is 1. The van der Waals surface area contributed by atoms with Crippen LogP contribution in [0.1, 0.15) is 23.1 Å². The fourth-order valence-corrected chi connectivity index (χ4v) is 1.95. The van der Waals surface area contributed by atoms with Crippen LogP contribution in [-0.2, 0) is 11.2 Å². The van der Waals surface area contributed by atoms with Crippen molar-refractivity contribution in [1.82, 2.24) is 4.98 Å². The lowest BCUT2D eigenvalue weighted by atomic mass is 10.0. The average molecular weight is 245 g/mol. The summed E-state index contributed by atoms with van der Waals surface area (Å²) >= 11 is 0. The van der Waals surface area contributed by atoms with Gasteiger partial charge in [-0.05, 0) is 55.0 Å². The van der Waals surface area contributed by atoms with E-state index in [1.807, 2.05) is 26.0 Å². The molecule has 0 radical (unpaired) electrons.